The molecule has 0 saturated heterocycles. The Morgan fingerprint density at radius 2 is 1.93 bits per heavy atom. The lowest BCUT2D eigenvalue weighted by atomic mass is 10.2. The number of para-hydroxylation sites is 2. The zero-order chi connectivity index (χ0) is 20.4. The third-order valence-electron chi connectivity index (χ3n) is 4.68. The Morgan fingerprint density at radius 3 is 2.62 bits per heavy atom. The Bertz CT molecular complexity index is 1210. The first-order valence-electron chi connectivity index (χ1n) is 9.41. The smallest absolute Gasteiger partial charge is 0.257 e. The van der Waals surface area contributed by atoms with Gasteiger partial charge in [-0.1, -0.05) is 25.1 Å². The lowest BCUT2D eigenvalue weighted by Crippen LogP contribution is -2.32. The number of hydrogen-bond acceptors (Lipinski definition) is 6. The van der Waals surface area contributed by atoms with Crippen molar-refractivity contribution in [1.82, 2.24) is 24.9 Å². The maximum absolute atomic E-state index is 12.9. The highest BCUT2D eigenvalue weighted by Gasteiger charge is 2.24. The molecule has 0 aliphatic heterocycles. The molecule has 0 bridgehead atoms. The molecule has 0 unspecified atom stereocenters. The largest absolute Gasteiger partial charge is 0.383 e. The van der Waals surface area contributed by atoms with Gasteiger partial charge in [-0.3, -0.25) is 9.78 Å². The van der Waals surface area contributed by atoms with E-state index in [4.69, 9.17) is 5.73 Å². The lowest BCUT2D eigenvalue weighted by Gasteiger charge is -2.11. The highest BCUT2D eigenvalue weighted by Crippen LogP contribution is 2.27. The Kier molecular flexibility index (Phi) is 4.90. The number of nitrogens with two attached hydrogens (primary N) is 1. The molecule has 1 atom stereocenters. The molecule has 29 heavy (non-hydrogen) atoms. The van der Waals surface area contributed by atoms with Crippen molar-refractivity contribution < 1.29 is 4.79 Å². The van der Waals surface area contributed by atoms with Gasteiger partial charge in [0.15, 0.2) is 5.65 Å². The minimum Gasteiger partial charge on any atom is -0.383 e. The second-order valence-corrected chi connectivity index (χ2v) is 6.74. The van der Waals surface area contributed by atoms with Gasteiger partial charge in [0.2, 0.25) is 0 Å². The van der Waals surface area contributed by atoms with Gasteiger partial charge in [-0.15, -0.1) is 0 Å². The van der Waals surface area contributed by atoms with E-state index < -0.39 is 0 Å². The number of carbonyl (C=O) groups is 1. The first-order valence-corrected chi connectivity index (χ1v) is 9.41. The quantitative estimate of drug-likeness (QED) is 0.512. The van der Waals surface area contributed by atoms with Crippen LogP contribution in [0.5, 0.6) is 0 Å². The molecule has 8 heteroatoms. The van der Waals surface area contributed by atoms with Crippen molar-refractivity contribution in [3.63, 3.8) is 0 Å². The van der Waals surface area contributed by atoms with E-state index in [0.29, 0.717) is 27.9 Å². The Morgan fingerprint density at radius 1 is 1.21 bits per heavy atom. The number of benzene rings is 1. The lowest BCUT2D eigenvalue weighted by molar-refractivity contribution is 0.0941. The topological polar surface area (TPSA) is 111 Å². The molecule has 4 aromatic rings. The van der Waals surface area contributed by atoms with Crippen LogP contribution in [0.1, 0.15) is 36.3 Å². The Labute approximate surface area is 167 Å². The number of nitrogens with one attached hydrogen (secondary N) is 1. The van der Waals surface area contributed by atoms with Gasteiger partial charge in [0, 0.05) is 12.2 Å². The van der Waals surface area contributed by atoms with Crippen molar-refractivity contribution >= 4 is 40.1 Å². The maximum atomic E-state index is 12.9. The number of rotatable bonds is 5. The van der Waals surface area contributed by atoms with Gasteiger partial charge in [0.05, 0.1) is 22.9 Å². The van der Waals surface area contributed by atoms with E-state index in [-0.39, 0.29) is 23.3 Å². The summed E-state index contributed by atoms with van der Waals surface area (Å²) in [5.74, 6) is -0.110. The van der Waals surface area contributed by atoms with Crippen molar-refractivity contribution in [3.05, 3.63) is 59.9 Å². The van der Waals surface area contributed by atoms with Crippen molar-refractivity contribution in [2.24, 2.45) is 5.10 Å². The number of fused-ring (bicyclic) bond motifs is 2. The Hall–Kier alpha value is -3.81. The molecule has 3 N–H and O–H groups in total. The number of nitrogens with zero attached hydrogens (tertiary/aromatic N) is 5. The summed E-state index contributed by atoms with van der Waals surface area (Å²) in [5, 5.41) is 7.38. The predicted molar refractivity (Wildman–Crippen MR) is 114 cm³/mol. The van der Waals surface area contributed by atoms with Crippen molar-refractivity contribution in [2.75, 3.05) is 5.73 Å². The summed E-state index contributed by atoms with van der Waals surface area (Å²) in [7, 11) is 0. The number of hydrogen-bond donors (Lipinski definition) is 2. The van der Waals surface area contributed by atoms with Gasteiger partial charge in [0.1, 0.15) is 16.9 Å². The summed E-state index contributed by atoms with van der Waals surface area (Å²) in [5.41, 5.74) is 9.50. The molecule has 0 saturated carbocycles. The van der Waals surface area contributed by atoms with E-state index >= 15 is 0 Å². The highest BCUT2D eigenvalue weighted by atomic mass is 16.1. The summed E-state index contributed by atoms with van der Waals surface area (Å²) in [6.45, 7) is 3.94. The van der Waals surface area contributed by atoms with Crippen molar-refractivity contribution in [2.45, 2.75) is 26.3 Å². The van der Waals surface area contributed by atoms with Crippen LogP contribution in [0.25, 0.3) is 22.2 Å². The summed E-state index contributed by atoms with van der Waals surface area (Å²) < 4.78 is 1.44. The number of anilines is 1. The number of aromatic nitrogens is 4. The van der Waals surface area contributed by atoms with E-state index in [2.05, 4.69) is 25.4 Å². The Balaban J connectivity index is 1.92. The predicted octanol–water partition coefficient (Wildman–Crippen LogP) is 2.97. The first-order chi connectivity index (χ1) is 14.1. The molecule has 0 aliphatic carbocycles. The minimum atomic E-state index is -0.293. The number of amides is 1. The monoisotopic (exact) mass is 387 g/mol. The number of pyridine rings is 1. The second kappa shape index (κ2) is 7.67. The van der Waals surface area contributed by atoms with Gasteiger partial charge in [0.25, 0.3) is 5.91 Å². The van der Waals surface area contributed by atoms with E-state index in [1.54, 1.807) is 12.4 Å². The number of carbonyl (C=O) groups excluding carboxylic acids is 1. The van der Waals surface area contributed by atoms with E-state index in [1.807, 2.05) is 56.3 Å². The van der Waals surface area contributed by atoms with E-state index in [0.717, 1.165) is 6.42 Å². The molecule has 146 valence electrons. The summed E-state index contributed by atoms with van der Waals surface area (Å²) >= 11 is 0. The molecule has 8 nitrogen and oxygen atoms in total. The van der Waals surface area contributed by atoms with Gasteiger partial charge in [-0.25, -0.2) is 9.97 Å². The first kappa shape index (κ1) is 18.5. The van der Waals surface area contributed by atoms with E-state index in [9.17, 15) is 4.79 Å². The number of nitrogen functional groups attached to an aromatic ring is 1. The zero-order valence-electron chi connectivity index (χ0n) is 16.2. The molecule has 4 rings (SSSR count). The van der Waals surface area contributed by atoms with Gasteiger partial charge in [-0.05, 0) is 37.6 Å². The SMILES string of the molecule is CC[C@@H](C)NC(=O)c1c(N)n(/N=C\c2ccccn2)c2nc3ccccc3nc12. The molecule has 3 heterocycles. The van der Waals surface area contributed by atoms with Crippen LogP contribution in [0.4, 0.5) is 5.82 Å². The van der Waals surface area contributed by atoms with Crippen molar-refractivity contribution in [3.8, 4) is 0 Å². The van der Waals surface area contributed by atoms with E-state index in [1.165, 1.54) is 4.68 Å². The molecule has 0 fully saturated rings. The normalized spacial score (nSPS) is 12.6. The molecule has 0 radical (unpaired) electrons. The summed E-state index contributed by atoms with van der Waals surface area (Å²) in [6.07, 6.45) is 4.05. The van der Waals surface area contributed by atoms with Crippen molar-refractivity contribution in [1.29, 1.82) is 0 Å². The highest BCUT2D eigenvalue weighted by molar-refractivity contribution is 6.10. The zero-order valence-corrected chi connectivity index (χ0v) is 16.2. The van der Waals surface area contributed by atoms with Crippen LogP contribution in [0.2, 0.25) is 0 Å². The fourth-order valence-electron chi connectivity index (χ4n) is 2.96. The molecule has 0 spiro atoms. The molecular formula is C21H21N7O. The molecule has 1 amide bonds. The fraction of sp³-hybridized carbons (Fsp3) is 0.190. The van der Waals surface area contributed by atoms with Crippen LogP contribution < -0.4 is 11.1 Å². The average Bonchev–Trinajstić information content (AvgIpc) is 3.01. The molecule has 1 aromatic carbocycles. The molecule has 3 aromatic heterocycles. The third kappa shape index (κ3) is 3.52. The summed E-state index contributed by atoms with van der Waals surface area (Å²) in [4.78, 5) is 26.5. The van der Waals surface area contributed by atoms with Crippen LogP contribution in [0.3, 0.4) is 0 Å². The van der Waals surface area contributed by atoms with Crippen LogP contribution >= 0.6 is 0 Å². The standard InChI is InChI=1S/C21H21N7O/c1-3-13(2)25-21(29)17-18-20(27-16-10-5-4-9-15(16)26-18)28(19(17)22)24-12-14-8-6-7-11-23-14/h4-13H,3,22H2,1-2H3,(H,25,29)/b24-12-/t13-/m1/s1. The molecule has 0 aliphatic rings. The van der Waals surface area contributed by atoms with Crippen LogP contribution in [0.15, 0.2) is 53.8 Å². The van der Waals surface area contributed by atoms with Crippen LogP contribution in [0, 0.1) is 0 Å². The van der Waals surface area contributed by atoms with Gasteiger partial charge >= 0.3 is 0 Å². The average molecular weight is 387 g/mol. The fourth-order valence-corrected chi connectivity index (χ4v) is 2.96. The van der Waals surface area contributed by atoms with Crippen LogP contribution in [-0.4, -0.2) is 37.8 Å². The maximum Gasteiger partial charge on any atom is 0.257 e. The van der Waals surface area contributed by atoms with Gasteiger partial charge in [-0.2, -0.15) is 9.78 Å². The molecular weight excluding hydrogens is 366 g/mol. The van der Waals surface area contributed by atoms with Gasteiger partial charge < -0.3 is 11.1 Å². The minimum absolute atomic E-state index is 0.00531. The van der Waals surface area contributed by atoms with Crippen LogP contribution in [-0.2, 0) is 0 Å². The third-order valence-corrected chi connectivity index (χ3v) is 4.68. The summed E-state index contributed by atoms with van der Waals surface area (Å²) in [6, 6.07) is 13.0. The second-order valence-electron chi connectivity index (χ2n) is 6.74.